The molecule has 0 aromatic carbocycles. The zero-order chi connectivity index (χ0) is 17.4. The van der Waals surface area contributed by atoms with Crippen LogP contribution in [-0.2, 0) is 16.0 Å². The highest BCUT2D eigenvalue weighted by molar-refractivity contribution is 7.13. The molecule has 2 amide bonds. The number of ketones is 1. The van der Waals surface area contributed by atoms with E-state index in [-0.39, 0.29) is 23.2 Å². The molecule has 1 aromatic rings. The maximum atomic E-state index is 12.8. The van der Waals surface area contributed by atoms with Crippen LogP contribution in [-0.4, -0.2) is 43.9 Å². The molecule has 1 aliphatic heterocycles. The summed E-state index contributed by atoms with van der Waals surface area (Å²) >= 11 is 1.14. The Balaban J connectivity index is 2.17. The molecular formula is C15H21N3O4S. The van der Waals surface area contributed by atoms with Crippen LogP contribution in [0.1, 0.15) is 46.2 Å². The van der Waals surface area contributed by atoms with Gasteiger partial charge >= 0.3 is 6.09 Å². The lowest BCUT2D eigenvalue weighted by Crippen LogP contribution is -2.63. The van der Waals surface area contributed by atoms with Gasteiger partial charge in [0.25, 0.3) is 0 Å². The monoisotopic (exact) mass is 339 g/mol. The first-order chi connectivity index (χ1) is 10.5. The fraction of sp³-hybridized carbons (Fsp3) is 0.600. The van der Waals surface area contributed by atoms with Crippen LogP contribution in [0.2, 0.25) is 0 Å². The van der Waals surface area contributed by atoms with E-state index in [1.165, 1.54) is 0 Å². The van der Waals surface area contributed by atoms with E-state index in [9.17, 15) is 14.4 Å². The normalized spacial score (nSPS) is 19.5. The predicted molar refractivity (Wildman–Crippen MR) is 86.7 cm³/mol. The minimum absolute atomic E-state index is 0.0822. The molecule has 1 aromatic heterocycles. The van der Waals surface area contributed by atoms with Gasteiger partial charge in [-0.3, -0.25) is 14.9 Å². The minimum Gasteiger partial charge on any atom is -0.465 e. The number of likely N-dealkylation sites (tertiary alicyclic amines) is 1. The van der Waals surface area contributed by atoms with Crippen LogP contribution < -0.4 is 5.32 Å². The lowest BCUT2D eigenvalue weighted by molar-refractivity contribution is -0.152. The first kappa shape index (κ1) is 17.4. The fourth-order valence-corrected chi connectivity index (χ4v) is 4.15. The Labute approximate surface area is 138 Å². The summed E-state index contributed by atoms with van der Waals surface area (Å²) in [5, 5.41) is 12.8. The zero-order valence-corrected chi connectivity index (χ0v) is 14.5. The van der Waals surface area contributed by atoms with Crippen LogP contribution in [0.15, 0.2) is 5.38 Å². The molecule has 0 bridgehead atoms. The van der Waals surface area contributed by atoms with Crippen molar-refractivity contribution in [2.45, 2.75) is 58.0 Å². The number of nitrogens with one attached hydrogen (secondary N) is 1. The number of Topliss-reactive ketones (excluding diaryl/α,β-unsaturated/α-hetero) is 1. The van der Waals surface area contributed by atoms with Crippen molar-refractivity contribution in [2.24, 2.45) is 0 Å². The predicted octanol–water partition coefficient (Wildman–Crippen LogP) is 2.52. The highest BCUT2D eigenvalue weighted by Gasteiger charge is 2.47. The van der Waals surface area contributed by atoms with Crippen LogP contribution in [0, 0.1) is 0 Å². The second-order valence-electron chi connectivity index (χ2n) is 7.00. The Morgan fingerprint density at radius 1 is 1.30 bits per heavy atom. The number of aromatic nitrogens is 1. The zero-order valence-electron chi connectivity index (χ0n) is 13.7. The van der Waals surface area contributed by atoms with Gasteiger partial charge < -0.3 is 10.0 Å². The molecule has 1 saturated heterocycles. The van der Waals surface area contributed by atoms with Gasteiger partial charge in [0, 0.05) is 29.3 Å². The molecule has 0 radical (unpaired) electrons. The summed E-state index contributed by atoms with van der Waals surface area (Å²) in [6.45, 7) is 7.56. The molecule has 2 rings (SSSR count). The van der Waals surface area contributed by atoms with Crippen molar-refractivity contribution in [1.29, 1.82) is 0 Å². The van der Waals surface area contributed by atoms with E-state index < -0.39 is 17.2 Å². The largest absolute Gasteiger partial charge is 0.465 e. The summed E-state index contributed by atoms with van der Waals surface area (Å²) in [7, 11) is 0. The van der Waals surface area contributed by atoms with Crippen molar-refractivity contribution in [3.8, 4) is 0 Å². The van der Waals surface area contributed by atoms with E-state index in [1.807, 2.05) is 27.7 Å². The first-order valence-electron chi connectivity index (χ1n) is 7.30. The van der Waals surface area contributed by atoms with E-state index in [1.54, 1.807) is 10.3 Å². The first-order valence-corrected chi connectivity index (χ1v) is 8.18. The summed E-state index contributed by atoms with van der Waals surface area (Å²) in [5.74, 6) is 0.0466. The highest BCUT2D eigenvalue weighted by atomic mass is 32.1. The Kier molecular flexibility index (Phi) is 4.48. The molecule has 1 fully saturated rings. The molecule has 1 aliphatic rings. The minimum atomic E-state index is -1.19. The molecule has 0 atom stereocenters. The number of carbonyl (C=O) groups is 3. The van der Waals surface area contributed by atoms with Gasteiger partial charge in [0.1, 0.15) is 5.78 Å². The van der Waals surface area contributed by atoms with E-state index >= 15 is 0 Å². The number of hydrogen-bond donors (Lipinski definition) is 2. The summed E-state index contributed by atoms with van der Waals surface area (Å²) in [4.78, 5) is 41.2. The van der Waals surface area contributed by atoms with Crippen LogP contribution in [0.25, 0.3) is 0 Å². The Morgan fingerprint density at radius 3 is 2.39 bits per heavy atom. The van der Waals surface area contributed by atoms with Crippen LogP contribution >= 0.6 is 11.3 Å². The maximum Gasteiger partial charge on any atom is 0.410 e. The molecule has 2 N–H and O–H groups in total. The van der Waals surface area contributed by atoms with Gasteiger partial charge in [-0.2, -0.15) is 0 Å². The number of carboxylic acid groups (broad SMARTS) is 1. The Bertz CT molecular complexity index is 631. The topological polar surface area (TPSA) is 99.6 Å². The van der Waals surface area contributed by atoms with Crippen molar-refractivity contribution >= 4 is 34.3 Å². The van der Waals surface area contributed by atoms with Gasteiger partial charge in [0.15, 0.2) is 5.13 Å². The molecule has 8 heteroatoms. The number of carbonyl (C=O) groups excluding carboxylic acids is 2. The summed E-state index contributed by atoms with van der Waals surface area (Å²) in [6.07, 6.45) is -0.427. The lowest BCUT2D eigenvalue weighted by atomic mass is 9.78. The average molecular weight is 339 g/mol. The maximum absolute atomic E-state index is 12.8. The second-order valence-corrected chi connectivity index (χ2v) is 7.86. The van der Waals surface area contributed by atoms with Gasteiger partial charge in [-0.25, -0.2) is 9.78 Å². The molecule has 7 nitrogen and oxygen atoms in total. The summed E-state index contributed by atoms with van der Waals surface area (Å²) < 4.78 is 0. The van der Waals surface area contributed by atoms with Gasteiger partial charge in [0.2, 0.25) is 5.91 Å². The molecule has 0 unspecified atom stereocenters. The number of piperidine rings is 1. The molecule has 126 valence electrons. The summed E-state index contributed by atoms with van der Waals surface area (Å²) in [6, 6.07) is 0. The van der Waals surface area contributed by atoms with Crippen molar-refractivity contribution in [3.63, 3.8) is 0 Å². The highest BCUT2D eigenvalue weighted by Crippen LogP contribution is 2.37. The van der Waals surface area contributed by atoms with E-state index in [0.717, 1.165) is 11.3 Å². The molecule has 2 heterocycles. The molecular weight excluding hydrogens is 318 g/mol. The van der Waals surface area contributed by atoms with Gasteiger partial charge in [-0.15, -0.1) is 11.3 Å². The number of anilines is 1. The van der Waals surface area contributed by atoms with Gasteiger partial charge in [-0.05, 0) is 27.7 Å². The number of nitrogens with zero attached hydrogens (tertiary/aromatic N) is 2. The smallest absolute Gasteiger partial charge is 0.410 e. The Morgan fingerprint density at radius 2 is 1.87 bits per heavy atom. The van der Waals surface area contributed by atoms with E-state index in [0.29, 0.717) is 18.5 Å². The van der Waals surface area contributed by atoms with Crippen molar-refractivity contribution in [2.75, 3.05) is 5.32 Å². The number of amides is 2. The molecule has 0 aliphatic carbocycles. The quantitative estimate of drug-likeness (QED) is 0.881. The van der Waals surface area contributed by atoms with Crippen molar-refractivity contribution < 1.29 is 19.5 Å². The van der Waals surface area contributed by atoms with E-state index in [4.69, 9.17) is 5.11 Å². The van der Waals surface area contributed by atoms with Gasteiger partial charge in [0.05, 0.1) is 12.1 Å². The summed E-state index contributed by atoms with van der Waals surface area (Å²) in [5.41, 5.74) is -0.574. The number of thiazole rings is 1. The number of hydrogen-bond acceptors (Lipinski definition) is 5. The van der Waals surface area contributed by atoms with Crippen LogP contribution in [0.4, 0.5) is 9.93 Å². The SMILES string of the molecule is CC1(C)CC(=O)CC(C)(C)N1C(=O)Cc1csc(NC(=O)O)n1. The van der Waals surface area contributed by atoms with Gasteiger partial charge in [-0.1, -0.05) is 0 Å². The van der Waals surface area contributed by atoms with Crippen LogP contribution in [0.5, 0.6) is 0 Å². The fourth-order valence-electron chi connectivity index (χ4n) is 3.45. The molecule has 0 saturated carbocycles. The molecule has 23 heavy (non-hydrogen) atoms. The van der Waals surface area contributed by atoms with E-state index in [2.05, 4.69) is 10.3 Å². The number of rotatable bonds is 3. The third kappa shape index (κ3) is 3.87. The molecule has 0 spiro atoms. The standard InChI is InChI=1S/C15H21N3O4S/c1-14(2)6-10(19)7-15(3,4)18(14)11(20)5-9-8-23-12(16-9)17-13(21)22/h8H,5-7H2,1-4H3,(H,16,17)(H,21,22). The lowest BCUT2D eigenvalue weighted by Gasteiger charge is -2.52. The van der Waals surface area contributed by atoms with Crippen LogP contribution in [0.3, 0.4) is 0 Å². The van der Waals surface area contributed by atoms with Crippen molar-refractivity contribution in [3.05, 3.63) is 11.1 Å². The Hall–Kier alpha value is -1.96. The third-order valence-electron chi connectivity index (χ3n) is 3.82. The second kappa shape index (κ2) is 5.92. The third-order valence-corrected chi connectivity index (χ3v) is 4.62. The van der Waals surface area contributed by atoms with Crippen molar-refractivity contribution in [1.82, 2.24) is 9.88 Å². The average Bonchev–Trinajstić information content (AvgIpc) is 2.70.